The van der Waals surface area contributed by atoms with Gasteiger partial charge in [-0.15, -0.1) is 11.3 Å². The summed E-state index contributed by atoms with van der Waals surface area (Å²) in [5, 5.41) is 2.84. The summed E-state index contributed by atoms with van der Waals surface area (Å²) in [7, 11) is 1.64. The number of thioether (sulfide) groups is 1. The number of likely N-dealkylation sites (tertiary alicyclic amines) is 1. The second-order valence-electron chi connectivity index (χ2n) is 5.97. The Bertz CT molecular complexity index is 876. The maximum atomic E-state index is 12.7. The van der Waals surface area contributed by atoms with Gasteiger partial charge in [-0.25, -0.2) is 4.98 Å². The van der Waals surface area contributed by atoms with Crippen LogP contribution in [0.3, 0.4) is 0 Å². The van der Waals surface area contributed by atoms with Crippen LogP contribution in [0.15, 0.2) is 40.9 Å². The Kier molecular flexibility index (Phi) is 4.67. The van der Waals surface area contributed by atoms with E-state index in [-0.39, 0.29) is 11.9 Å². The number of rotatable bonds is 5. The minimum Gasteiger partial charge on any atom is -0.497 e. The number of H-pyrrole nitrogens is 1. The predicted molar refractivity (Wildman–Crippen MR) is 101 cm³/mol. The fourth-order valence-corrected chi connectivity index (χ4v) is 4.86. The maximum Gasteiger partial charge on any atom is 0.233 e. The summed E-state index contributed by atoms with van der Waals surface area (Å²) < 4.78 is 5.23. The molecule has 0 aliphatic carbocycles. The van der Waals surface area contributed by atoms with Crippen molar-refractivity contribution in [2.45, 2.75) is 24.0 Å². The Morgan fingerprint density at radius 1 is 1.48 bits per heavy atom. The molecule has 3 aromatic rings. The zero-order chi connectivity index (χ0) is 17.2. The Hall–Kier alpha value is -1.99. The summed E-state index contributed by atoms with van der Waals surface area (Å²) in [6.45, 7) is 0.847. The van der Waals surface area contributed by atoms with Crippen LogP contribution in [0.1, 0.15) is 23.8 Å². The van der Waals surface area contributed by atoms with E-state index in [2.05, 4.69) is 27.5 Å². The van der Waals surface area contributed by atoms with E-state index in [0.717, 1.165) is 41.3 Å². The Morgan fingerprint density at radius 3 is 3.20 bits per heavy atom. The van der Waals surface area contributed by atoms with Crippen molar-refractivity contribution in [1.82, 2.24) is 14.9 Å². The molecule has 1 N–H and O–H groups in total. The maximum absolute atomic E-state index is 12.7. The molecule has 2 aromatic heterocycles. The normalized spacial score (nSPS) is 17.3. The molecule has 5 nitrogen and oxygen atoms in total. The number of fused-ring (bicyclic) bond motifs is 1. The highest BCUT2D eigenvalue weighted by Gasteiger charge is 2.30. The third-order valence-corrected chi connectivity index (χ3v) is 6.28. The van der Waals surface area contributed by atoms with Gasteiger partial charge in [0.2, 0.25) is 5.91 Å². The molecule has 1 atom stereocenters. The quantitative estimate of drug-likeness (QED) is 0.685. The van der Waals surface area contributed by atoms with Crippen LogP contribution < -0.4 is 4.74 Å². The van der Waals surface area contributed by atoms with Gasteiger partial charge in [0, 0.05) is 17.5 Å². The molecule has 1 aliphatic rings. The fraction of sp³-hybridized carbons (Fsp3) is 0.333. The molecule has 0 saturated carbocycles. The number of nitrogens with one attached hydrogen (secondary N) is 1. The molecule has 1 aliphatic heterocycles. The summed E-state index contributed by atoms with van der Waals surface area (Å²) in [4.78, 5) is 23.8. The van der Waals surface area contributed by atoms with E-state index in [4.69, 9.17) is 4.74 Å². The minimum absolute atomic E-state index is 0.180. The number of ether oxygens (including phenoxy) is 1. The van der Waals surface area contributed by atoms with Gasteiger partial charge >= 0.3 is 0 Å². The van der Waals surface area contributed by atoms with E-state index < -0.39 is 0 Å². The lowest BCUT2D eigenvalue weighted by atomic mass is 10.2. The molecule has 0 bridgehead atoms. The van der Waals surface area contributed by atoms with Crippen LogP contribution in [-0.2, 0) is 4.79 Å². The molecule has 25 heavy (non-hydrogen) atoms. The highest BCUT2D eigenvalue weighted by molar-refractivity contribution is 7.99. The van der Waals surface area contributed by atoms with Gasteiger partial charge in [0.05, 0.1) is 29.9 Å². The first-order valence-electron chi connectivity index (χ1n) is 8.24. The number of carbonyl (C=O) groups excluding carboxylic acids is 1. The minimum atomic E-state index is 0.180. The molecule has 0 spiro atoms. The lowest BCUT2D eigenvalue weighted by Gasteiger charge is -2.23. The van der Waals surface area contributed by atoms with Crippen LogP contribution in [0.2, 0.25) is 0 Å². The third-order valence-electron chi connectivity index (χ3n) is 4.44. The van der Waals surface area contributed by atoms with Crippen LogP contribution >= 0.6 is 23.1 Å². The smallest absolute Gasteiger partial charge is 0.233 e. The molecule has 1 aromatic carbocycles. The predicted octanol–water partition coefficient (Wildman–Crippen LogP) is 4.09. The molecular formula is C18H19N3O2S2. The average Bonchev–Trinajstić information content (AvgIpc) is 3.38. The van der Waals surface area contributed by atoms with E-state index in [9.17, 15) is 4.79 Å². The van der Waals surface area contributed by atoms with E-state index in [1.165, 1.54) is 16.6 Å². The molecular weight excluding hydrogens is 354 g/mol. The second-order valence-corrected chi connectivity index (χ2v) is 7.92. The Labute approximate surface area is 154 Å². The van der Waals surface area contributed by atoms with Crippen molar-refractivity contribution >= 4 is 40.0 Å². The van der Waals surface area contributed by atoms with Crippen LogP contribution in [-0.4, -0.2) is 40.2 Å². The van der Waals surface area contributed by atoms with E-state index in [0.29, 0.717) is 5.75 Å². The molecule has 0 unspecified atom stereocenters. The summed E-state index contributed by atoms with van der Waals surface area (Å²) >= 11 is 3.19. The zero-order valence-electron chi connectivity index (χ0n) is 13.9. The Morgan fingerprint density at radius 2 is 2.40 bits per heavy atom. The summed E-state index contributed by atoms with van der Waals surface area (Å²) in [6, 6.07) is 10.1. The van der Waals surface area contributed by atoms with Gasteiger partial charge in [-0.1, -0.05) is 17.8 Å². The number of thiophene rings is 1. The number of hydrogen-bond donors (Lipinski definition) is 1. The van der Waals surface area contributed by atoms with Crippen LogP contribution in [0, 0.1) is 0 Å². The van der Waals surface area contributed by atoms with Crippen LogP contribution in [0.4, 0.5) is 0 Å². The van der Waals surface area contributed by atoms with Crippen molar-refractivity contribution in [3.8, 4) is 5.75 Å². The van der Waals surface area contributed by atoms with Crippen molar-refractivity contribution in [3.63, 3.8) is 0 Å². The first-order chi connectivity index (χ1) is 12.2. The first kappa shape index (κ1) is 16.5. The third kappa shape index (κ3) is 3.39. The SMILES string of the molecule is COc1ccc2nc(SCC(=O)N3CCC[C@@H]3c3cccs3)[nH]c2c1. The number of aromatic nitrogens is 2. The second kappa shape index (κ2) is 7.09. The highest BCUT2D eigenvalue weighted by atomic mass is 32.2. The lowest BCUT2D eigenvalue weighted by Crippen LogP contribution is -2.31. The number of nitrogens with zero attached hydrogens (tertiary/aromatic N) is 2. The van der Waals surface area contributed by atoms with Crippen molar-refractivity contribution < 1.29 is 9.53 Å². The summed E-state index contributed by atoms with van der Waals surface area (Å²) in [5.74, 6) is 1.37. The number of aromatic amines is 1. The van der Waals surface area contributed by atoms with Gasteiger partial charge in [0.25, 0.3) is 0 Å². The molecule has 3 heterocycles. The molecule has 1 saturated heterocycles. The number of benzene rings is 1. The van der Waals surface area contributed by atoms with E-state index in [1.54, 1.807) is 18.4 Å². The van der Waals surface area contributed by atoms with Crippen LogP contribution in [0.5, 0.6) is 5.75 Å². The van der Waals surface area contributed by atoms with E-state index in [1.807, 2.05) is 23.1 Å². The molecule has 7 heteroatoms. The average molecular weight is 374 g/mol. The van der Waals surface area contributed by atoms with Gasteiger partial charge in [0.15, 0.2) is 5.16 Å². The molecule has 0 radical (unpaired) electrons. The molecule has 1 fully saturated rings. The molecule has 130 valence electrons. The lowest BCUT2D eigenvalue weighted by molar-refractivity contribution is -0.129. The zero-order valence-corrected chi connectivity index (χ0v) is 15.5. The summed E-state index contributed by atoms with van der Waals surface area (Å²) in [6.07, 6.45) is 2.13. The van der Waals surface area contributed by atoms with Gasteiger partial charge < -0.3 is 14.6 Å². The fourth-order valence-electron chi connectivity index (χ4n) is 3.22. The van der Waals surface area contributed by atoms with Crippen molar-refractivity contribution in [3.05, 3.63) is 40.6 Å². The first-order valence-corrected chi connectivity index (χ1v) is 10.1. The topological polar surface area (TPSA) is 58.2 Å². The monoisotopic (exact) mass is 373 g/mol. The van der Waals surface area contributed by atoms with Gasteiger partial charge in [0.1, 0.15) is 5.75 Å². The largest absolute Gasteiger partial charge is 0.497 e. The number of methoxy groups -OCH3 is 1. The highest BCUT2D eigenvalue weighted by Crippen LogP contribution is 2.35. The molecule has 4 rings (SSSR count). The Balaban J connectivity index is 1.43. The van der Waals surface area contributed by atoms with Gasteiger partial charge in [-0.05, 0) is 36.4 Å². The van der Waals surface area contributed by atoms with Crippen molar-refractivity contribution in [2.24, 2.45) is 0 Å². The standard InChI is InChI=1S/C18H19N3O2S2/c1-23-12-6-7-13-14(10-12)20-18(19-13)25-11-17(22)21-8-2-4-15(21)16-5-3-9-24-16/h3,5-7,9-10,15H,2,4,8,11H2,1H3,(H,19,20)/t15-/m1/s1. The van der Waals surface area contributed by atoms with Gasteiger partial charge in [-0.2, -0.15) is 0 Å². The van der Waals surface area contributed by atoms with Gasteiger partial charge in [-0.3, -0.25) is 4.79 Å². The number of hydrogen-bond acceptors (Lipinski definition) is 5. The van der Waals surface area contributed by atoms with Crippen molar-refractivity contribution in [1.29, 1.82) is 0 Å². The number of amides is 1. The summed E-state index contributed by atoms with van der Waals surface area (Å²) in [5.41, 5.74) is 1.81. The number of imidazole rings is 1. The molecule has 1 amide bonds. The number of carbonyl (C=O) groups is 1. The van der Waals surface area contributed by atoms with Crippen molar-refractivity contribution in [2.75, 3.05) is 19.4 Å². The van der Waals surface area contributed by atoms with E-state index >= 15 is 0 Å². The van der Waals surface area contributed by atoms with Crippen LogP contribution in [0.25, 0.3) is 11.0 Å².